The van der Waals surface area contributed by atoms with Gasteiger partial charge in [0.1, 0.15) is 17.1 Å². The summed E-state index contributed by atoms with van der Waals surface area (Å²) in [5, 5.41) is 6.97. The van der Waals surface area contributed by atoms with Crippen molar-refractivity contribution >= 4 is 5.91 Å². The molecule has 1 aromatic carbocycles. The number of amides is 1. The molecule has 0 spiro atoms. The fourth-order valence-electron chi connectivity index (χ4n) is 2.39. The SMILES string of the molecule is COCCNC(=O)c1cnn(-c2ccccc2F)c1-n1cccc1. The van der Waals surface area contributed by atoms with Crippen molar-refractivity contribution in [1.29, 1.82) is 0 Å². The second-order valence-corrected chi connectivity index (χ2v) is 5.08. The van der Waals surface area contributed by atoms with Gasteiger partial charge in [-0.25, -0.2) is 9.07 Å². The third kappa shape index (κ3) is 3.07. The zero-order valence-corrected chi connectivity index (χ0v) is 13.1. The van der Waals surface area contributed by atoms with Crippen molar-refractivity contribution in [2.45, 2.75) is 0 Å². The first kappa shape index (κ1) is 15.9. The van der Waals surface area contributed by atoms with E-state index in [1.165, 1.54) is 16.9 Å². The van der Waals surface area contributed by atoms with Crippen LogP contribution in [0.1, 0.15) is 10.4 Å². The van der Waals surface area contributed by atoms with Crippen LogP contribution in [0.3, 0.4) is 0 Å². The quantitative estimate of drug-likeness (QED) is 0.706. The van der Waals surface area contributed by atoms with Crippen molar-refractivity contribution in [3.63, 3.8) is 0 Å². The van der Waals surface area contributed by atoms with Crippen LogP contribution in [-0.2, 0) is 4.74 Å². The molecule has 0 fully saturated rings. The fraction of sp³-hybridized carbons (Fsp3) is 0.176. The van der Waals surface area contributed by atoms with Crippen molar-refractivity contribution in [3.05, 3.63) is 66.4 Å². The van der Waals surface area contributed by atoms with Crippen LogP contribution in [0.5, 0.6) is 0 Å². The summed E-state index contributed by atoms with van der Waals surface area (Å²) in [4.78, 5) is 12.4. The molecule has 0 aliphatic heterocycles. The Bertz CT molecular complexity index is 827. The van der Waals surface area contributed by atoms with E-state index < -0.39 is 5.82 Å². The number of benzene rings is 1. The fourth-order valence-corrected chi connectivity index (χ4v) is 2.39. The molecule has 0 aliphatic rings. The van der Waals surface area contributed by atoms with Crippen LogP contribution in [0, 0.1) is 5.82 Å². The van der Waals surface area contributed by atoms with Crippen molar-refractivity contribution in [3.8, 4) is 11.5 Å². The minimum atomic E-state index is -0.416. The van der Waals surface area contributed by atoms with Crippen LogP contribution < -0.4 is 5.32 Å². The van der Waals surface area contributed by atoms with E-state index in [0.717, 1.165) is 0 Å². The van der Waals surface area contributed by atoms with Gasteiger partial charge in [-0.2, -0.15) is 5.10 Å². The van der Waals surface area contributed by atoms with Gasteiger partial charge in [-0.15, -0.1) is 0 Å². The van der Waals surface area contributed by atoms with Crippen LogP contribution in [0.4, 0.5) is 4.39 Å². The zero-order valence-electron chi connectivity index (χ0n) is 13.1. The van der Waals surface area contributed by atoms with Gasteiger partial charge in [-0.05, 0) is 24.3 Å². The number of para-hydroxylation sites is 1. The molecule has 1 amide bonds. The number of halogens is 1. The van der Waals surface area contributed by atoms with Crippen molar-refractivity contribution in [2.24, 2.45) is 0 Å². The van der Waals surface area contributed by atoms with Crippen molar-refractivity contribution < 1.29 is 13.9 Å². The molecule has 7 heteroatoms. The van der Waals surface area contributed by atoms with Crippen LogP contribution in [0.2, 0.25) is 0 Å². The molecule has 1 N–H and O–H groups in total. The average molecular weight is 328 g/mol. The van der Waals surface area contributed by atoms with E-state index in [1.807, 2.05) is 12.1 Å². The van der Waals surface area contributed by atoms with Crippen molar-refractivity contribution in [1.82, 2.24) is 19.7 Å². The number of carbonyl (C=O) groups is 1. The summed E-state index contributed by atoms with van der Waals surface area (Å²) in [6.07, 6.45) is 4.99. The molecule has 3 rings (SSSR count). The number of methoxy groups -OCH3 is 1. The molecule has 2 heterocycles. The van der Waals surface area contributed by atoms with Crippen molar-refractivity contribution in [2.75, 3.05) is 20.3 Å². The van der Waals surface area contributed by atoms with Gasteiger partial charge >= 0.3 is 0 Å². The Balaban J connectivity index is 2.05. The highest BCUT2D eigenvalue weighted by Gasteiger charge is 2.20. The van der Waals surface area contributed by atoms with E-state index in [0.29, 0.717) is 24.5 Å². The predicted octanol–water partition coefficient (Wildman–Crippen LogP) is 2.18. The molecule has 3 aromatic rings. The average Bonchev–Trinajstić information content (AvgIpc) is 3.24. The second kappa shape index (κ2) is 7.10. The zero-order chi connectivity index (χ0) is 16.9. The number of ether oxygens (including phenoxy) is 1. The van der Waals surface area contributed by atoms with Gasteiger partial charge in [0, 0.05) is 26.0 Å². The number of nitrogens with zero attached hydrogens (tertiary/aromatic N) is 3. The molecule has 24 heavy (non-hydrogen) atoms. The predicted molar refractivity (Wildman–Crippen MR) is 87.1 cm³/mol. The van der Waals surface area contributed by atoms with E-state index in [1.54, 1.807) is 42.3 Å². The van der Waals surface area contributed by atoms with E-state index >= 15 is 0 Å². The topological polar surface area (TPSA) is 61.1 Å². The molecule has 0 radical (unpaired) electrons. The Morgan fingerprint density at radius 3 is 2.71 bits per heavy atom. The highest BCUT2D eigenvalue weighted by molar-refractivity contribution is 5.97. The summed E-state index contributed by atoms with van der Waals surface area (Å²) in [6, 6.07) is 9.95. The largest absolute Gasteiger partial charge is 0.383 e. The third-order valence-electron chi connectivity index (χ3n) is 3.51. The Kier molecular flexibility index (Phi) is 4.72. The summed E-state index contributed by atoms with van der Waals surface area (Å²) < 4.78 is 22.2. The van der Waals surface area contributed by atoms with Gasteiger partial charge in [-0.3, -0.25) is 4.79 Å². The molecular weight excluding hydrogens is 311 g/mol. The smallest absolute Gasteiger partial charge is 0.256 e. The Morgan fingerprint density at radius 1 is 1.25 bits per heavy atom. The van der Waals surface area contributed by atoms with E-state index in [2.05, 4.69) is 10.4 Å². The van der Waals surface area contributed by atoms with Gasteiger partial charge in [-0.1, -0.05) is 12.1 Å². The summed E-state index contributed by atoms with van der Waals surface area (Å²) in [5.74, 6) is -0.237. The Hall–Kier alpha value is -2.93. The lowest BCUT2D eigenvalue weighted by Crippen LogP contribution is -2.27. The highest BCUT2D eigenvalue weighted by atomic mass is 19.1. The highest BCUT2D eigenvalue weighted by Crippen LogP contribution is 2.21. The summed E-state index contributed by atoms with van der Waals surface area (Å²) in [5.41, 5.74) is 0.627. The maximum absolute atomic E-state index is 14.2. The van der Waals surface area contributed by atoms with E-state index in [-0.39, 0.29) is 11.6 Å². The lowest BCUT2D eigenvalue weighted by molar-refractivity contribution is 0.0937. The monoisotopic (exact) mass is 328 g/mol. The van der Waals surface area contributed by atoms with Gasteiger partial charge in [0.2, 0.25) is 0 Å². The molecule has 6 nitrogen and oxygen atoms in total. The molecule has 0 aliphatic carbocycles. The van der Waals surface area contributed by atoms with Crippen LogP contribution in [0.25, 0.3) is 11.5 Å². The maximum Gasteiger partial charge on any atom is 0.256 e. The first-order chi connectivity index (χ1) is 11.7. The Morgan fingerprint density at radius 2 is 2.00 bits per heavy atom. The number of aromatic nitrogens is 3. The second-order valence-electron chi connectivity index (χ2n) is 5.08. The lowest BCUT2D eigenvalue weighted by atomic mass is 10.2. The van der Waals surface area contributed by atoms with Crippen LogP contribution in [0.15, 0.2) is 55.0 Å². The molecule has 0 saturated heterocycles. The number of carbonyl (C=O) groups excluding carboxylic acids is 1. The normalized spacial score (nSPS) is 10.8. The van der Waals surface area contributed by atoms with Crippen LogP contribution >= 0.6 is 0 Å². The summed E-state index contributed by atoms with van der Waals surface area (Å²) >= 11 is 0. The van der Waals surface area contributed by atoms with Gasteiger partial charge < -0.3 is 14.6 Å². The molecule has 0 atom stereocenters. The minimum absolute atomic E-state index is 0.275. The molecular formula is C17H17FN4O2. The van der Waals surface area contributed by atoms with Gasteiger partial charge in [0.15, 0.2) is 5.82 Å². The maximum atomic E-state index is 14.2. The third-order valence-corrected chi connectivity index (χ3v) is 3.51. The molecule has 0 unspecified atom stereocenters. The Labute approximate surface area is 138 Å². The number of hydrogen-bond acceptors (Lipinski definition) is 3. The molecule has 0 bridgehead atoms. The van der Waals surface area contributed by atoms with E-state index in [9.17, 15) is 9.18 Å². The molecule has 124 valence electrons. The number of nitrogens with one attached hydrogen (secondary N) is 1. The molecule has 0 saturated carbocycles. The van der Waals surface area contributed by atoms with E-state index in [4.69, 9.17) is 4.74 Å². The van der Waals surface area contributed by atoms with Gasteiger partial charge in [0.25, 0.3) is 5.91 Å². The first-order valence-electron chi connectivity index (χ1n) is 7.46. The summed E-state index contributed by atoms with van der Waals surface area (Å²) in [6.45, 7) is 0.789. The number of rotatable bonds is 6. The minimum Gasteiger partial charge on any atom is -0.383 e. The van der Waals surface area contributed by atoms with Gasteiger partial charge in [0.05, 0.1) is 12.8 Å². The summed E-state index contributed by atoms with van der Waals surface area (Å²) in [7, 11) is 1.56. The first-order valence-corrected chi connectivity index (χ1v) is 7.46. The van der Waals surface area contributed by atoms with Crippen LogP contribution in [-0.4, -0.2) is 40.5 Å². The lowest BCUT2D eigenvalue weighted by Gasteiger charge is -2.11. The number of hydrogen-bond donors (Lipinski definition) is 1. The molecule has 2 aromatic heterocycles. The standard InChI is InChI=1S/C17H17FN4O2/c1-24-11-8-19-16(23)13-12-20-22(15-7-3-2-6-14(15)18)17(13)21-9-4-5-10-21/h2-7,9-10,12H,8,11H2,1H3,(H,19,23).